The molecule has 0 N–H and O–H groups in total. The fourth-order valence-corrected chi connectivity index (χ4v) is 3.76. The van der Waals surface area contributed by atoms with Crippen molar-refractivity contribution in [3.63, 3.8) is 0 Å². The number of carbonyl (C=O) groups is 1. The van der Waals surface area contributed by atoms with E-state index in [1.165, 1.54) is 0 Å². The molecule has 2 aromatic carbocycles. The number of para-hydroxylation sites is 1. The molecule has 27 heavy (non-hydrogen) atoms. The lowest BCUT2D eigenvalue weighted by molar-refractivity contribution is -0.128. The van der Waals surface area contributed by atoms with E-state index in [2.05, 4.69) is 27.1 Å². The summed E-state index contributed by atoms with van der Waals surface area (Å²) in [5.74, 6) is 0.273. The number of benzene rings is 2. The minimum atomic E-state index is 0.0396. The van der Waals surface area contributed by atoms with Crippen molar-refractivity contribution in [1.82, 2.24) is 14.9 Å². The Hall–Kier alpha value is -3.34. The van der Waals surface area contributed by atoms with Crippen LogP contribution in [0.5, 0.6) is 0 Å². The topological polar surface area (TPSA) is 58.5 Å². The summed E-state index contributed by atoms with van der Waals surface area (Å²) >= 11 is 0. The van der Waals surface area contributed by atoms with Crippen molar-refractivity contribution >= 4 is 17.3 Å². The van der Waals surface area contributed by atoms with Crippen LogP contribution in [0, 0.1) is 0 Å². The summed E-state index contributed by atoms with van der Waals surface area (Å²) in [5, 5.41) is 0. The van der Waals surface area contributed by atoms with Crippen LogP contribution in [0.3, 0.4) is 0 Å². The van der Waals surface area contributed by atoms with Crippen molar-refractivity contribution in [2.45, 2.75) is 12.3 Å². The number of hydrogen-bond donors (Lipinski definition) is 0. The highest BCUT2D eigenvalue weighted by molar-refractivity contribution is 6.41. The van der Waals surface area contributed by atoms with Gasteiger partial charge in [-0.3, -0.25) is 4.79 Å². The molecule has 1 fully saturated rings. The molecular formula is C22H18N4O. The molecule has 0 unspecified atom stereocenters. The van der Waals surface area contributed by atoms with E-state index in [0.717, 1.165) is 28.1 Å². The van der Waals surface area contributed by atoms with E-state index in [1.807, 2.05) is 53.6 Å². The zero-order chi connectivity index (χ0) is 18.2. The first-order valence-electron chi connectivity index (χ1n) is 9.09. The Labute approximate surface area is 157 Å². The van der Waals surface area contributed by atoms with E-state index in [9.17, 15) is 4.79 Å². The Morgan fingerprint density at radius 3 is 2.59 bits per heavy atom. The largest absolute Gasteiger partial charge is 0.336 e. The molecule has 2 aliphatic heterocycles. The lowest BCUT2D eigenvalue weighted by Gasteiger charge is -2.39. The second-order valence-corrected chi connectivity index (χ2v) is 6.96. The van der Waals surface area contributed by atoms with Crippen LogP contribution in [0.15, 0.2) is 72.1 Å². The van der Waals surface area contributed by atoms with Gasteiger partial charge in [0.1, 0.15) is 12.0 Å². The van der Waals surface area contributed by atoms with Crippen LogP contribution in [-0.4, -0.2) is 39.6 Å². The molecule has 0 saturated carbocycles. The lowest BCUT2D eigenvalue weighted by Crippen LogP contribution is -2.51. The Morgan fingerprint density at radius 1 is 1.00 bits per heavy atom. The maximum Gasteiger partial charge on any atom is 0.268 e. The van der Waals surface area contributed by atoms with Gasteiger partial charge < -0.3 is 4.90 Å². The molecule has 0 bridgehead atoms. The monoisotopic (exact) mass is 354 g/mol. The third-order valence-electron chi connectivity index (χ3n) is 5.24. The van der Waals surface area contributed by atoms with E-state index >= 15 is 0 Å². The third-order valence-corrected chi connectivity index (χ3v) is 5.24. The Kier molecular flexibility index (Phi) is 3.78. The minimum absolute atomic E-state index is 0.0396. The van der Waals surface area contributed by atoms with E-state index in [1.54, 1.807) is 6.33 Å². The smallest absolute Gasteiger partial charge is 0.268 e. The van der Waals surface area contributed by atoms with Gasteiger partial charge in [0, 0.05) is 37.2 Å². The third kappa shape index (κ3) is 2.81. The van der Waals surface area contributed by atoms with Gasteiger partial charge in [0.15, 0.2) is 0 Å². The lowest BCUT2D eigenvalue weighted by atomic mass is 9.90. The summed E-state index contributed by atoms with van der Waals surface area (Å²) in [4.78, 5) is 27.9. The van der Waals surface area contributed by atoms with Crippen molar-refractivity contribution in [2.75, 3.05) is 13.1 Å². The first kappa shape index (κ1) is 15.9. The number of fused-ring (bicyclic) bond motifs is 1. The van der Waals surface area contributed by atoms with Gasteiger partial charge in [-0.2, -0.15) is 0 Å². The maximum atomic E-state index is 12.8. The molecule has 1 saturated heterocycles. The zero-order valence-corrected chi connectivity index (χ0v) is 14.7. The summed E-state index contributed by atoms with van der Waals surface area (Å²) in [6.07, 6.45) is 4.07. The second kappa shape index (κ2) is 6.43. The summed E-state index contributed by atoms with van der Waals surface area (Å²) in [7, 11) is 0. The van der Waals surface area contributed by atoms with E-state index < -0.39 is 0 Å². The van der Waals surface area contributed by atoms with Gasteiger partial charge in [-0.05, 0) is 17.2 Å². The van der Waals surface area contributed by atoms with Crippen LogP contribution >= 0.6 is 0 Å². The Bertz CT molecular complexity index is 1040. The predicted octanol–water partition coefficient (Wildman–Crippen LogP) is 3.40. The molecule has 5 heteroatoms. The molecule has 0 radical (unpaired) electrons. The van der Waals surface area contributed by atoms with Crippen LogP contribution in [0.4, 0.5) is 5.69 Å². The normalized spacial score (nSPS) is 15.9. The highest BCUT2D eigenvalue weighted by atomic mass is 16.2. The van der Waals surface area contributed by atoms with Crippen LogP contribution < -0.4 is 0 Å². The molecular weight excluding hydrogens is 336 g/mol. The number of hydrogen-bond acceptors (Lipinski definition) is 4. The quantitative estimate of drug-likeness (QED) is 0.724. The SMILES string of the molecule is O=C(C1=Nc2ccccc2C1)N1CC(c2ncncc2-c2ccccc2)C1. The molecule has 3 aromatic rings. The van der Waals surface area contributed by atoms with Crippen molar-refractivity contribution < 1.29 is 4.79 Å². The Morgan fingerprint density at radius 2 is 1.78 bits per heavy atom. The predicted molar refractivity (Wildman–Crippen MR) is 104 cm³/mol. The molecule has 0 aliphatic carbocycles. The fraction of sp³-hybridized carbons (Fsp3) is 0.182. The molecule has 1 amide bonds. The van der Waals surface area contributed by atoms with Gasteiger partial charge in [-0.15, -0.1) is 0 Å². The van der Waals surface area contributed by atoms with Crippen LogP contribution in [0.1, 0.15) is 17.2 Å². The number of nitrogens with zero attached hydrogens (tertiary/aromatic N) is 4. The van der Waals surface area contributed by atoms with Crippen molar-refractivity contribution in [1.29, 1.82) is 0 Å². The molecule has 3 heterocycles. The number of aromatic nitrogens is 2. The number of carbonyl (C=O) groups excluding carboxylic acids is 1. The average Bonchev–Trinajstić information content (AvgIpc) is 3.12. The summed E-state index contributed by atoms with van der Waals surface area (Å²) in [6.45, 7) is 1.34. The highest BCUT2D eigenvalue weighted by Gasteiger charge is 2.36. The summed E-state index contributed by atoms with van der Waals surface area (Å²) in [5.41, 5.74) is 5.84. The first-order valence-corrected chi connectivity index (χ1v) is 9.09. The van der Waals surface area contributed by atoms with Gasteiger partial charge in [-0.25, -0.2) is 15.0 Å². The Balaban J connectivity index is 1.32. The van der Waals surface area contributed by atoms with Crippen LogP contribution in [0.25, 0.3) is 11.1 Å². The van der Waals surface area contributed by atoms with Crippen LogP contribution in [-0.2, 0) is 11.2 Å². The van der Waals surface area contributed by atoms with Gasteiger partial charge in [0.25, 0.3) is 5.91 Å². The van der Waals surface area contributed by atoms with E-state index in [4.69, 9.17) is 0 Å². The van der Waals surface area contributed by atoms with E-state index in [0.29, 0.717) is 25.2 Å². The molecule has 0 spiro atoms. The standard InChI is InChI=1S/C22H18N4O/c27-22(20-10-16-8-4-5-9-19(16)25-20)26-12-17(13-26)21-18(11-23-14-24-21)15-6-2-1-3-7-15/h1-9,11,14,17H,10,12-13H2. The maximum absolute atomic E-state index is 12.8. The second-order valence-electron chi connectivity index (χ2n) is 6.96. The van der Waals surface area contributed by atoms with Gasteiger partial charge >= 0.3 is 0 Å². The highest BCUT2D eigenvalue weighted by Crippen LogP contribution is 2.34. The number of likely N-dealkylation sites (tertiary alicyclic amines) is 1. The van der Waals surface area contributed by atoms with Crippen molar-refractivity contribution in [2.24, 2.45) is 4.99 Å². The fourth-order valence-electron chi connectivity index (χ4n) is 3.76. The summed E-state index contributed by atoms with van der Waals surface area (Å²) < 4.78 is 0. The average molecular weight is 354 g/mol. The van der Waals surface area contributed by atoms with Crippen molar-refractivity contribution in [3.05, 3.63) is 78.4 Å². The zero-order valence-electron chi connectivity index (χ0n) is 14.7. The van der Waals surface area contributed by atoms with Gasteiger partial charge in [0.2, 0.25) is 0 Å². The first-order chi connectivity index (χ1) is 13.3. The molecule has 2 aliphatic rings. The summed E-state index contributed by atoms with van der Waals surface area (Å²) in [6, 6.07) is 18.1. The van der Waals surface area contributed by atoms with Gasteiger partial charge in [0.05, 0.1) is 11.4 Å². The molecule has 1 aromatic heterocycles. The van der Waals surface area contributed by atoms with Gasteiger partial charge in [-0.1, -0.05) is 48.5 Å². The van der Waals surface area contributed by atoms with Crippen molar-refractivity contribution in [3.8, 4) is 11.1 Å². The van der Waals surface area contributed by atoms with Crippen LogP contribution in [0.2, 0.25) is 0 Å². The molecule has 5 nitrogen and oxygen atoms in total. The molecule has 0 atom stereocenters. The molecule has 5 rings (SSSR count). The number of rotatable bonds is 3. The molecule has 132 valence electrons. The number of amides is 1. The van der Waals surface area contributed by atoms with E-state index in [-0.39, 0.29) is 11.8 Å². The minimum Gasteiger partial charge on any atom is -0.336 e. The number of aliphatic imine (C=N–C) groups is 1.